The normalized spacial score (nSPS) is 9.73. The highest BCUT2D eigenvalue weighted by atomic mass is 19.3. The van der Waals surface area contributed by atoms with Gasteiger partial charge in [-0.1, -0.05) is 12.1 Å². The van der Waals surface area contributed by atoms with Gasteiger partial charge in [0.15, 0.2) is 0 Å². The van der Waals surface area contributed by atoms with Crippen molar-refractivity contribution in [1.82, 2.24) is 0 Å². The molecule has 1 aromatic carbocycles. The van der Waals surface area contributed by atoms with Crippen LogP contribution in [0.2, 0.25) is 0 Å². The van der Waals surface area contributed by atoms with Gasteiger partial charge in [0.25, 0.3) is 0 Å². The zero-order valence-corrected chi connectivity index (χ0v) is 7.90. The van der Waals surface area contributed by atoms with E-state index in [2.05, 4.69) is 4.94 Å². The molecule has 0 bridgehead atoms. The van der Waals surface area contributed by atoms with Gasteiger partial charge in [0.05, 0.1) is 5.56 Å². The lowest BCUT2D eigenvalue weighted by Crippen LogP contribution is -2.07. The number of carbonyl (C=O) groups excluding carboxylic acids is 1. The second-order valence-corrected chi connectivity index (χ2v) is 2.95. The first-order chi connectivity index (χ1) is 7.06. The quantitative estimate of drug-likeness (QED) is 0.567. The lowest BCUT2D eigenvalue weighted by molar-refractivity contribution is -0.496. The van der Waals surface area contributed by atoms with Crippen LogP contribution in [0, 0.1) is 17.0 Å². The standard InChI is InChI=1S/C9H8FNO4/c1-6-7(5-11(13)14)3-2-4-8(6)9(12)15-10/h2-4H,5H2,1H3. The molecule has 0 aliphatic heterocycles. The molecule has 6 heteroatoms. The van der Waals surface area contributed by atoms with Gasteiger partial charge < -0.3 is 0 Å². The Hall–Kier alpha value is -1.98. The van der Waals surface area contributed by atoms with Crippen LogP contribution in [-0.2, 0) is 11.5 Å². The van der Waals surface area contributed by atoms with Crippen molar-refractivity contribution >= 4 is 5.97 Å². The molecule has 0 aromatic heterocycles. The fourth-order valence-electron chi connectivity index (χ4n) is 1.26. The SMILES string of the molecule is Cc1c(C[N+](=O)[O-])cccc1C(=O)OF. The molecule has 0 aliphatic rings. The maximum Gasteiger partial charge on any atom is 0.379 e. The summed E-state index contributed by atoms with van der Waals surface area (Å²) in [5, 5.41) is 10.3. The molecule has 0 heterocycles. The van der Waals surface area contributed by atoms with Crippen molar-refractivity contribution in [3.8, 4) is 0 Å². The van der Waals surface area contributed by atoms with Crippen LogP contribution in [0.5, 0.6) is 0 Å². The average Bonchev–Trinajstić information content (AvgIpc) is 2.19. The first-order valence-electron chi connectivity index (χ1n) is 4.09. The molecule has 0 aliphatic carbocycles. The number of nitrogens with zero attached hydrogens (tertiary/aromatic N) is 1. The van der Waals surface area contributed by atoms with Gasteiger partial charge in [-0.25, -0.2) is 9.74 Å². The van der Waals surface area contributed by atoms with E-state index in [9.17, 15) is 19.4 Å². The van der Waals surface area contributed by atoms with Crippen molar-refractivity contribution in [3.63, 3.8) is 0 Å². The summed E-state index contributed by atoms with van der Waals surface area (Å²) in [6.07, 6.45) is 0. The van der Waals surface area contributed by atoms with E-state index >= 15 is 0 Å². The van der Waals surface area contributed by atoms with Gasteiger partial charge in [-0.05, 0) is 18.6 Å². The number of rotatable bonds is 3. The number of carbonyl (C=O) groups is 1. The van der Waals surface area contributed by atoms with Crippen molar-refractivity contribution in [2.45, 2.75) is 13.5 Å². The van der Waals surface area contributed by atoms with Crippen LogP contribution in [0.15, 0.2) is 18.2 Å². The van der Waals surface area contributed by atoms with Crippen LogP contribution >= 0.6 is 0 Å². The highest BCUT2D eigenvalue weighted by molar-refractivity contribution is 5.90. The molecule has 0 unspecified atom stereocenters. The highest BCUT2D eigenvalue weighted by Gasteiger charge is 2.15. The number of halogens is 1. The molecular formula is C9H8FNO4. The van der Waals surface area contributed by atoms with E-state index in [-0.39, 0.29) is 5.56 Å². The second kappa shape index (κ2) is 4.50. The molecular weight excluding hydrogens is 205 g/mol. The average molecular weight is 213 g/mol. The number of hydrogen-bond acceptors (Lipinski definition) is 4. The summed E-state index contributed by atoms with van der Waals surface area (Å²) in [6, 6.07) is 4.30. The van der Waals surface area contributed by atoms with E-state index in [0.29, 0.717) is 11.1 Å². The van der Waals surface area contributed by atoms with Gasteiger partial charge >= 0.3 is 5.97 Å². The molecule has 1 aromatic rings. The molecule has 0 radical (unpaired) electrons. The van der Waals surface area contributed by atoms with Crippen molar-refractivity contribution in [2.75, 3.05) is 0 Å². The van der Waals surface area contributed by atoms with E-state index in [1.54, 1.807) is 0 Å². The fraction of sp³-hybridized carbons (Fsp3) is 0.222. The first-order valence-corrected chi connectivity index (χ1v) is 4.09. The molecule has 80 valence electrons. The topological polar surface area (TPSA) is 69.4 Å². The molecule has 0 fully saturated rings. The van der Waals surface area contributed by atoms with E-state index in [1.165, 1.54) is 25.1 Å². The van der Waals surface area contributed by atoms with Crippen LogP contribution in [0.25, 0.3) is 0 Å². The van der Waals surface area contributed by atoms with Gasteiger partial charge in [-0.2, -0.15) is 0 Å². The second-order valence-electron chi connectivity index (χ2n) is 2.95. The zero-order chi connectivity index (χ0) is 11.4. The third kappa shape index (κ3) is 2.49. The summed E-state index contributed by atoms with van der Waals surface area (Å²) < 4.78 is 11.7. The Morgan fingerprint density at radius 1 is 1.60 bits per heavy atom. The van der Waals surface area contributed by atoms with E-state index in [4.69, 9.17) is 0 Å². The summed E-state index contributed by atoms with van der Waals surface area (Å²) >= 11 is 0. The summed E-state index contributed by atoms with van der Waals surface area (Å²) in [5.74, 6) is -1.14. The molecule has 0 atom stereocenters. The zero-order valence-electron chi connectivity index (χ0n) is 7.90. The Kier molecular flexibility index (Phi) is 3.33. The fourth-order valence-corrected chi connectivity index (χ4v) is 1.26. The lowest BCUT2D eigenvalue weighted by atomic mass is 10.0. The molecule has 1 rings (SSSR count). The van der Waals surface area contributed by atoms with Crippen molar-refractivity contribution in [1.29, 1.82) is 0 Å². The third-order valence-corrected chi connectivity index (χ3v) is 2.04. The van der Waals surface area contributed by atoms with Crippen molar-refractivity contribution in [3.05, 3.63) is 45.0 Å². The maximum absolute atomic E-state index is 11.7. The van der Waals surface area contributed by atoms with Crippen LogP contribution < -0.4 is 0 Å². The minimum Gasteiger partial charge on any atom is -0.264 e. The monoisotopic (exact) mass is 213 g/mol. The maximum atomic E-state index is 11.7. The molecule has 0 N–H and O–H groups in total. The Bertz CT molecular complexity index is 405. The van der Waals surface area contributed by atoms with Gasteiger partial charge in [0.2, 0.25) is 6.54 Å². The molecule has 0 spiro atoms. The first kappa shape index (κ1) is 11.1. The Labute approximate surface area is 84.5 Å². The predicted octanol–water partition coefficient (Wildman–Crippen LogP) is 1.81. The van der Waals surface area contributed by atoms with E-state index in [1.807, 2.05) is 0 Å². The molecule has 0 saturated carbocycles. The number of hydrogen-bond donors (Lipinski definition) is 0. The summed E-state index contributed by atoms with van der Waals surface area (Å²) in [4.78, 5) is 23.7. The molecule has 0 saturated heterocycles. The van der Waals surface area contributed by atoms with Crippen molar-refractivity contribution < 1.29 is 19.2 Å². The van der Waals surface area contributed by atoms with E-state index in [0.717, 1.165) is 0 Å². The molecule has 5 nitrogen and oxygen atoms in total. The Balaban J connectivity index is 3.11. The summed E-state index contributed by atoms with van der Waals surface area (Å²) in [6.45, 7) is 1.10. The van der Waals surface area contributed by atoms with Gasteiger partial charge in [0, 0.05) is 15.0 Å². The van der Waals surface area contributed by atoms with Crippen LogP contribution in [0.4, 0.5) is 4.53 Å². The molecule has 15 heavy (non-hydrogen) atoms. The largest absolute Gasteiger partial charge is 0.379 e. The third-order valence-electron chi connectivity index (χ3n) is 2.04. The van der Waals surface area contributed by atoms with Gasteiger partial charge in [-0.15, -0.1) is 0 Å². The Morgan fingerprint density at radius 3 is 2.80 bits per heavy atom. The van der Waals surface area contributed by atoms with Gasteiger partial charge in [-0.3, -0.25) is 10.1 Å². The highest BCUT2D eigenvalue weighted by Crippen LogP contribution is 2.15. The lowest BCUT2D eigenvalue weighted by Gasteiger charge is -2.04. The Morgan fingerprint density at radius 2 is 2.27 bits per heavy atom. The summed E-state index contributed by atoms with van der Waals surface area (Å²) in [5.41, 5.74) is 0.719. The van der Waals surface area contributed by atoms with Gasteiger partial charge in [0.1, 0.15) is 0 Å². The minimum absolute atomic E-state index is 0.00292. The van der Waals surface area contributed by atoms with Crippen LogP contribution in [0.3, 0.4) is 0 Å². The van der Waals surface area contributed by atoms with Crippen molar-refractivity contribution in [2.24, 2.45) is 0 Å². The number of nitro groups is 1. The van der Waals surface area contributed by atoms with Crippen LogP contribution in [-0.4, -0.2) is 10.9 Å². The summed E-state index contributed by atoms with van der Waals surface area (Å²) in [7, 11) is 0. The minimum atomic E-state index is -1.14. The smallest absolute Gasteiger partial charge is 0.264 e. The predicted molar refractivity (Wildman–Crippen MR) is 48.4 cm³/mol. The van der Waals surface area contributed by atoms with E-state index < -0.39 is 17.4 Å². The number of benzene rings is 1. The molecule has 0 amide bonds. The van der Waals surface area contributed by atoms with Crippen LogP contribution in [0.1, 0.15) is 21.5 Å².